The minimum Gasteiger partial charge on any atom is -0.352 e. The lowest BCUT2D eigenvalue weighted by molar-refractivity contribution is -0.140. The van der Waals surface area contributed by atoms with E-state index in [0.717, 1.165) is 28.1 Å². The first kappa shape index (κ1) is 28.9. The standard InChI is InChI=1S/C25H33Cl2N3O4S/c1-6-18(4)28-25(32)22(7-2)29(15-19-10-8-17(3)9-11-19)24(31)16-30(35(5,33)34)23-14-20(26)12-13-21(23)27/h8-14,18,22H,6-7,15-16H2,1-5H3,(H,28,32)/t18-,22+/m1/s1. The summed E-state index contributed by atoms with van der Waals surface area (Å²) in [7, 11) is -3.90. The number of sulfonamides is 1. The van der Waals surface area contributed by atoms with Crippen LogP contribution in [-0.4, -0.2) is 50.0 Å². The van der Waals surface area contributed by atoms with Crippen LogP contribution in [0.25, 0.3) is 0 Å². The first-order chi connectivity index (χ1) is 16.4. The van der Waals surface area contributed by atoms with E-state index in [2.05, 4.69) is 5.32 Å². The molecule has 2 aromatic rings. The zero-order chi connectivity index (χ0) is 26.3. The Kier molecular flexibility index (Phi) is 10.4. The number of hydrogen-bond acceptors (Lipinski definition) is 4. The predicted octanol–water partition coefficient (Wildman–Crippen LogP) is 4.79. The number of nitrogens with one attached hydrogen (secondary N) is 1. The summed E-state index contributed by atoms with van der Waals surface area (Å²) in [4.78, 5) is 28.2. The number of carbonyl (C=O) groups is 2. The van der Waals surface area contributed by atoms with Crippen LogP contribution in [0, 0.1) is 6.92 Å². The van der Waals surface area contributed by atoms with Crippen LogP contribution in [0.15, 0.2) is 42.5 Å². The molecule has 0 aliphatic carbocycles. The molecule has 2 rings (SSSR count). The first-order valence-corrected chi connectivity index (χ1v) is 14.1. The number of amides is 2. The molecule has 0 fully saturated rings. The summed E-state index contributed by atoms with van der Waals surface area (Å²) in [5, 5.41) is 3.36. The number of benzene rings is 2. The Morgan fingerprint density at radius 3 is 2.20 bits per heavy atom. The summed E-state index contributed by atoms with van der Waals surface area (Å²) in [6, 6.07) is 11.2. The predicted molar refractivity (Wildman–Crippen MR) is 142 cm³/mol. The lowest BCUT2D eigenvalue weighted by Gasteiger charge is -2.33. The molecule has 0 aromatic heterocycles. The van der Waals surface area contributed by atoms with Gasteiger partial charge >= 0.3 is 0 Å². The summed E-state index contributed by atoms with van der Waals surface area (Å²) < 4.78 is 26.3. The normalized spacial score (nSPS) is 13.1. The van der Waals surface area contributed by atoms with E-state index < -0.39 is 28.5 Å². The van der Waals surface area contributed by atoms with Crippen molar-refractivity contribution in [1.82, 2.24) is 10.2 Å². The summed E-state index contributed by atoms with van der Waals surface area (Å²) in [6.45, 7) is 7.24. The highest BCUT2D eigenvalue weighted by molar-refractivity contribution is 7.92. The fraction of sp³-hybridized carbons (Fsp3) is 0.440. The molecule has 0 saturated heterocycles. The Bertz CT molecular complexity index is 1140. The summed E-state index contributed by atoms with van der Waals surface area (Å²) in [5.41, 5.74) is 1.99. The molecule has 35 heavy (non-hydrogen) atoms. The van der Waals surface area contributed by atoms with Crippen LogP contribution in [0.1, 0.15) is 44.7 Å². The van der Waals surface area contributed by atoms with Gasteiger partial charge in [0.2, 0.25) is 21.8 Å². The molecule has 2 atom stereocenters. The smallest absolute Gasteiger partial charge is 0.244 e. The van der Waals surface area contributed by atoms with Crippen molar-refractivity contribution in [2.45, 2.75) is 59.2 Å². The monoisotopic (exact) mass is 541 g/mol. The Balaban J connectivity index is 2.47. The van der Waals surface area contributed by atoms with Gasteiger partial charge in [0.1, 0.15) is 12.6 Å². The van der Waals surface area contributed by atoms with E-state index in [0.29, 0.717) is 6.42 Å². The highest BCUT2D eigenvalue weighted by Gasteiger charge is 2.32. The number of hydrogen-bond donors (Lipinski definition) is 1. The van der Waals surface area contributed by atoms with Gasteiger partial charge in [-0.2, -0.15) is 0 Å². The van der Waals surface area contributed by atoms with E-state index in [9.17, 15) is 18.0 Å². The Morgan fingerprint density at radius 1 is 1.03 bits per heavy atom. The molecule has 2 aromatic carbocycles. The van der Waals surface area contributed by atoms with Crippen molar-refractivity contribution in [3.05, 3.63) is 63.6 Å². The van der Waals surface area contributed by atoms with Crippen LogP contribution in [-0.2, 0) is 26.2 Å². The van der Waals surface area contributed by atoms with Gasteiger partial charge in [-0.3, -0.25) is 13.9 Å². The van der Waals surface area contributed by atoms with Crippen LogP contribution in [0.2, 0.25) is 10.0 Å². The first-order valence-electron chi connectivity index (χ1n) is 11.5. The number of carbonyl (C=O) groups excluding carboxylic acids is 2. The molecule has 0 radical (unpaired) electrons. The van der Waals surface area contributed by atoms with Crippen molar-refractivity contribution in [2.24, 2.45) is 0 Å². The average Bonchev–Trinajstić information content (AvgIpc) is 2.79. The maximum Gasteiger partial charge on any atom is 0.244 e. The van der Waals surface area contributed by atoms with Gasteiger partial charge in [0.25, 0.3) is 0 Å². The minimum absolute atomic E-state index is 0.0642. The van der Waals surface area contributed by atoms with Crippen molar-refractivity contribution in [3.63, 3.8) is 0 Å². The number of halogens is 2. The molecule has 10 heteroatoms. The van der Waals surface area contributed by atoms with Crippen molar-refractivity contribution in [3.8, 4) is 0 Å². The van der Waals surface area contributed by atoms with Gasteiger partial charge < -0.3 is 10.2 Å². The minimum atomic E-state index is -3.90. The largest absolute Gasteiger partial charge is 0.352 e. The second kappa shape index (κ2) is 12.6. The van der Waals surface area contributed by atoms with Crippen LogP contribution in [0.5, 0.6) is 0 Å². The molecular formula is C25H33Cl2N3O4S. The third-order valence-electron chi connectivity index (χ3n) is 5.72. The lowest BCUT2D eigenvalue weighted by atomic mass is 10.1. The maximum absolute atomic E-state index is 13.7. The number of rotatable bonds is 11. The quantitative estimate of drug-likeness (QED) is 0.443. The van der Waals surface area contributed by atoms with Crippen LogP contribution in [0.4, 0.5) is 5.69 Å². The molecule has 192 valence electrons. The molecule has 1 N–H and O–H groups in total. The number of nitrogens with zero attached hydrogens (tertiary/aromatic N) is 2. The molecule has 0 unspecified atom stereocenters. The highest BCUT2D eigenvalue weighted by Crippen LogP contribution is 2.31. The second-order valence-electron chi connectivity index (χ2n) is 8.61. The highest BCUT2D eigenvalue weighted by atomic mass is 35.5. The lowest BCUT2D eigenvalue weighted by Crippen LogP contribution is -2.53. The summed E-state index contributed by atoms with van der Waals surface area (Å²) in [5.74, 6) is -0.813. The van der Waals surface area contributed by atoms with Crippen molar-refractivity contribution < 1.29 is 18.0 Å². The van der Waals surface area contributed by atoms with Crippen LogP contribution in [0.3, 0.4) is 0 Å². The van der Waals surface area contributed by atoms with Gasteiger partial charge in [0.15, 0.2) is 0 Å². The molecule has 0 heterocycles. The van der Waals surface area contributed by atoms with Gasteiger partial charge in [-0.15, -0.1) is 0 Å². The second-order valence-corrected chi connectivity index (χ2v) is 11.4. The number of anilines is 1. The summed E-state index contributed by atoms with van der Waals surface area (Å²) >= 11 is 12.3. The molecule has 0 aliphatic heterocycles. The Hall–Kier alpha value is -2.29. The Labute approximate surface area is 218 Å². The van der Waals surface area contributed by atoms with E-state index in [1.54, 1.807) is 0 Å². The van der Waals surface area contributed by atoms with E-state index in [1.165, 1.54) is 23.1 Å². The molecule has 7 nitrogen and oxygen atoms in total. The molecule has 0 bridgehead atoms. The molecule has 2 amide bonds. The maximum atomic E-state index is 13.7. The third-order valence-corrected chi connectivity index (χ3v) is 7.40. The zero-order valence-electron chi connectivity index (χ0n) is 20.7. The molecule has 0 aliphatic rings. The van der Waals surface area contributed by atoms with Gasteiger partial charge in [-0.25, -0.2) is 8.42 Å². The summed E-state index contributed by atoms with van der Waals surface area (Å²) in [6.07, 6.45) is 2.09. The SMILES string of the molecule is CC[C@@H](C)NC(=O)[C@H](CC)N(Cc1ccc(C)cc1)C(=O)CN(c1cc(Cl)ccc1Cl)S(C)(=O)=O. The zero-order valence-corrected chi connectivity index (χ0v) is 23.0. The Morgan fingerprint density at radius 2 is 1.66 bits per heavy atom. The van der Waals surface area contributed by atoms with E-state index in [1.807, 2.05) is 52.0 Å². The van der Waals surface area contributed by atoms with Crippen molar-refractivity contribution in [2.75, 3.05) is 17.1 Å². The fourth-order valence-electron chi connectivity index (χ4n) is 3.52. The third kappa shape index (κ3) is 8.12. The molecule has 0 spiro atoms. The van der Waals surface area contributed by atoms with Crippen molar-refractivity contribution in [1.29, 1.82) is 0 Å². The van der Waals surface area contributed by atoms with Gasteiger partial charge in [-0.1, -0.05) is 66.9 Å². The van der Waals surface area contributed by atoms with E-state index in [-0.39, 0.29) is 34.2 Å². The fourth-order valence-corrected chi connectivity index (χ4v) is 4.81. The van der Waals surface area contributed by atoms with Crippen molar-refractivity contribution >= 4 is 50.7 Å². The average molecular weight is 543 g/mol. The van der Waals surface area contributed by atoms with E-state index >= 15 is 0 Å². The van der Waals surface area contributed by atoms with Crippen LogP contribution < -0.4 is 9.62 Å². The van der Waals surface area contributed by atoms with Crippen LogP contribution >= 0.6 is 23.2 Å². The van der Waals surface area contributed by atoms with Gasteiger partial charge in [0.05, 0.1) is 17.0 Å². The molecular weight excluding hydrogens is 509 g/mol. The topological polar surface area (TPSA) is 86.8 Å². The number of aryl methyl sites for hydroxylation is 1. The molecule has 0 saturated carbocycles. The van der Waals surface area contributed by atoms with Gasteiger partial charge in [0, 0.05) is 17.6 Å². The van der Waals surface area contributed by atoms with E-state index in [4.69, 9.17) is 23.2 Å². The van der Waals surface area contributed by atoms with Gasteiger partial charge in [-0.05, 0) is 50.5 Å².